The third kappa shape index (κ3) is 4.28. The fraction of sp³-hybridized carbons (Fsp3) is 0.238. The highest BCUT2D eigenvalue weighted by Gasteiger charge is 2.18. The monoisotopic (exact) mass is 366 g/mol. The van der Waals surface area contributed by atoms with Gasteiger partial charge < -0.3 is 19.0 Å². The minimum Gasteiger partial charge on any atom is -0.467 e. The molecule has 140 valence electrons. The van der Waals surface area contributed by atoms with Crippen LogP contribution in [0, 0.1) is 20.8 Å². The number of aryl methyl sites for hydroxylation is 2. The topological polar surface area (TPSA) is 73.5 Å². The lowest BCUT2D eigenvalue weighted by atomic mass is 10.2. The number of nitrogens with zero attached hydrogens (tertiary/aromatic N) is 1. The van der Waals surface area contributed by atoms with Gasteiger partial charge in [0, 0.05) is 17.1 Å². The van der Waals surface area contributed by atoms with Crippen LogP contribution in [-0.2, 0) is 16.1 Å². The van der Waals surface area contributed by atoms with Crippen LogP contribution < -0.4 is 5.32 Å². The van der Waals surface area contributed by atoms with E-state index in [1.807, 2.05) is 55.7 Å². The van der Waals surface area contributed by atoms with Crippen molar-refractivity contribution in [3.05, 3.63) is 77.0 Å². The first-order valence-electron chi connectivity index (χ1n) is 8.67. The van der Waals surface area contributed by atoms with Crippen LogP contribution in [0.25, 0.3) is 0 Å². The molecule has 0 aliphatic rings. The molecule has 2 aromatic heterocycles. The average molecular weight is 366 g/mol. The van der Waals surface area contributed by atoms with E-state index in [9.17, 15) is 9.59 Å². The molecule has 3 aromatic rings. The molecule has 0 atom stereocenters. The molecule has 1 aromatic carbocycles. The first-order valence-corrected chi connectivity index (χ1v) is 8.67. The number of furan rings is 1. The molecule has 0 bridgehead atoms. The highest BCUT2D eigenvalue weighted by Crippen LogP contribution is 2.18. The lowest BCUT2D eigenvalue weighted by Gasteiger charge is -2.09. The maximum Gasteiger partial charge on any atom is 0.340 e. The fourth-order valence-corrected chi connectivity index (χ4v) is 2.92. The highest BCUT2D eigenvalue weighted by atomic mass is 16.5. The van der Waals surface area contributed by atoms with Crippen LogP contribution in [-0.4, -0.2) is 23.1 Å². The zero-order chi connectivity index (χ0) is 19.4. The number of carbonyl (C=O) groups excluding carboxylic acids is 2. The number of nitrogens with one attached hydrogen (secondary N) is 1. The van der Waals surface area contributed by atoms with Crippen LogP contribution >= 0.6 is 0 Å². The second-order valence-electron chi connectivity index (χ2n) is 6.39. The van der Waals surface area contributed by atoms with Crippen molar-refractivity contribution in [2.75, 3.05) is 11.9 Å². The standard InChI is InChI=1S/C21H22N2O4/c1-14-7-4-5-9-19(14)22-20(24)13-27-21(25)18-11-15(2)23(16(18)3)12-17-8-6-10-26-17/h4-11H,12-13H2,1-3H3,(H,22,24). The fourth-order valence-electron chi connectivity index (χ4n) is 2.92. The molecule has 0 aliphatic carbocycles. The Kier molecular flexibility index (Phi) is 5.45. The van der Waals surface area contributed by atoms with Gasteiger partial charge in [0.15, 0.2) is 6.61 Å². The van der Waals surface area contributed by atoms with E-state index in [2.05, 4.69) is 5.32 Å². The molecule has 0 aliphatic heterocycles. The zero-order valence-electron chi connectivity index (χ0n) is 15.6. The van der Waals surface area contributed by atoms with Crippen molar-refractivity contribution in [1.29, 1.82) is 0 Å². The van der Waals surface area contributed by atoms with Gasteiger partial charge >= 0.3 is 5.97 Å². The van der Waals surface area contributed by atoms with E-state index >= 15 is 0 Å². The predicted octanol–water partition coefficient (Wildman–Crippen LogP) is 3.85. The number of hydrogen-bond donors (Lipinski definition) is 1. The minimum atomic E-state index is -0.520. The Morgan fingerprint density at radius 1 is 1.11 bits per heavy atom. The van der Waals surface area contributed by atoms with E-state index in [0.29, 0.717) is 17.8 Å². The van der Waals surface area contributed by atoms with E-state index < -0.39 is 5.97 Å². The summed E-state index contributed by atoms with van der Waals surface area (Å²) in [5.41, 5.74) is 3.78. The van der Waals surface area contributed by atoms with Gasteiger partial charge in [0.1, 0.15) is 5.76 Å². The Morgan fingerprint density at radius 2 is 1.89 bits per heavy atom. The van der Waals surface area contributed by atoms with Crippen molar-refractivity contribution in [3.8, 4) is 0 Å². The van der Waals surface area contributed by atoms with E-state index in [1.165, 1.54) is 0 Å². The van der Waals surface area contributed by atoms with Crippen molar-refractivity contribution in [2.45, 2.75) is 27.3 Å². The van der Waals surface area contributed by atoms with E-state index in [0.717, 1.165) is 22.7 Å². The summed E-state index contributed by atoms with van der Waals surface area (Å²) in [5, 5.41) is 2.74. The minimum absolute atomic E-state index is 0.338. The number of ether oxygens (including phenoxy) is 1. The quantitative estimate of drug-likeness (QED) is 0.673. The lowest BCUT2D eigenvalue weighted by Crippen LogP contribution is -2.21. The number of benzene rings is 1. The maximum absolute atomic E-state index is 12.4. The van der Waals surface area contributed by atoms with Crippen LogP contribution in [0.15, 0.2) is 53.1 Å². The van der Waals surface area contributed by atoms with Gasteiger partial charge in [-0.3, -0.25) is 4.79 Å². The van der Waals surface area contributed by atoms with Gasteiger partial charge in [-0.05, 0) is 50.6 Å². The zero-order valence-corrected chi connectivity index (χ0v) is 15.6. The summed E-state index contributed by atoms with van der Waals surface area (Å²) in [7, 11) is 0. The largest absolute Gasteiger partial charge is 0.467 e. The summed E-state index contributed by atoms with van der Waals surface area (Å²) in [6.45, 7) is 5.85. The number of aromatic nitrogens is 1. The Morgan fingerprint density at radius 3 is 2.59 bits per heavy atom. The molecule has 0 fully saturated rings. The van der Waals surface area contributed by atoms with Gasteiger partial charge in [-0.1, -0.05) is 18.2 Å². The Hall–Kier alpha value is -3.28. The second-order valence-corrected chi connectivity index (χ2v) is 6.39. The Balaban J connectivity index is 1.63. The van der Waals surface area contributed by atoms with Crippen LogP contribution in [0.5, 0.6) is 0 Å². The summed E-state index contributed by atoms with van der Waals surface area (Å²) in [6, 6.07) is 12.9. The number of hydrogen-bond acceptors (Lipinski definition) is 4. The number of esters is 1. The summed E-state index contributed by atoms with van der Waals surface area (Å²) < 4.78 is 12.5. The predicted molar refractivity (Wildman–Crippen MR) is 102 cm³/mol. The smallest absolute Gasteiger partial charge is 0.340 e. The van der Waals surface area contributed by atoms with Gasteiger partial charge in [-0.25, -0.2) is 4.79 Å². The summed E-state index contributed by atoms with van der Waals surface area (Å²) in [6.07, 6.45) is 1.62. The molecular formula is C21H22N2O4. The lowest BCUT2D eigenvalue weighted by molar-refractivity contribution is -0.119. The normalized spacial score (nSPS) is 10.6. The third-order valence-electron chi connectivity index (χ3n) is 4.44. The molecule has 0 unspecified atom stereocenters. The number of para-hydroxylation sites is 1. The molecule has 1 amide bonds. The van der Waals surface area contributed by atoms with Gasteiger partial charge in [-0.2, -0.15) is 0 Å². The van der Waals surface area contributed by atoms with Crippen LogP contribution in [0.3, 0.4) is 0 Å². The van der Waals surface area contributed by atoms with Crippen molar-refractivity contribution in [1.82, 2.24) is 4.57 Å². The Labute approximate surface area is 157 Å². The van der Waals surface area contributed by atoms with Gasteiger partial charge in [0.25, 0.3) is 5.91 Å². The van der Waals surface area contributed by atoms with Gasteiger partial charge in [0.05, 0.1) is 18.4 Å². The van der Waals surface area contributed by atoms with Crippen LogP contribution in [0.4, 0.5) is 5.69 Å². The molecule has 1 N–H and O–H groups in total. The number of anilines is 1. The first-order chi connectivity index (χ1) is 13.0. The molecule has 0 spiro atoms. The average Bonchev–Trinajstić information content (AvgIpc) is 3.25. The molecule has 0 saturated heterocycles. The number of amides is 1. The maximum atomic E-state index is 12.4. The summed E-state index contributed by atoms with van der Waals surface area (Å²) in [4.78, 5) is 24.5. The molecule has 6 heteroatoms. The number of carbonyl (C=O) groups is 2. The van der Waals surface area contributed by atoms with Crippen molar-refractivity contribution >= 4 is 17.6 Å². The second kappa shape index (κ2) is 7.95. The molecule has 2 heterocycles. The van der Waals surface area contributed by atoms with E-state index in [-0.39, 0.29) is 12.5 Å². The highest BCUT2D eigenvalue weighted by molar-refractivity contribution is 5.96. The van der Waals surface area contributed by atoms with Crippen LogP contribution in [0.2, 0.25) is 0 Å². The molecule has 27 heavy (non-hydrogen) atoms. The SMILES string of the molecule is Cc1ccccc1NC(=O)COC(=O)c1cc(C)n(Cc2ccco2)c1C. The third-order valence-corrected chi connectivity index (χ3v) is 4.44. The van der Waals surface area contributed by atoms with E-state index in [4.69, 9.17) is 9.15 Å². The van der Waals surface area contributed by atoms with Gasteiger partial charge in [-0.15, -0.1) is 0 Å². The van der Waals surface area contributed by atoms with Gasteiger partial charge in [0.2, 0.25) is 0 Å². The number of rotatable bonds is 6. The molecule has 3 rings (SSSR count). The Bertz CT molecular complexity index is 955. The summed E-state index contributed by atoms with van der Waals surface area (Å²) in [5.74, 6) is -0.0925. The van der Waals surface area contributed by atoms with Crippen molar-refractivity contribution in [2.24, 2.45) is 0 Å². The molecular weight excluding hydrogens is 344 g/mol. The van der Waals surface area contributed by atoms with Crippen molar-refractivity contribution < 1.29 is 18.7 Å². The molecule has 0 radical (unpaired) electrons. The van der Waals surface area contributed by atoms with Crippen LogP contribution in [0.1, 0.15) is 33.1 Å². The summed E-state index contributed by atoms with van der Waals surface area (Å²) >= 11 is 0. The molecule has 6 nitrogen and oxygen atoms in total. The first kappa shape index (κ1) is 18.5. The van der Waals surface area contributed by atoms with Crippen molar-refractivity contribution in [3.63, 3.8) is 0 Å². The molecule has 0 saturated carbocycles. The van der Waals surface area contributed by atoms with E-state index in [1.54, 1.807) is 18.4 Å².